The fraction of sp³-hybridized carbons (Fsp3) is 0.500. The molecule has 2 nitrogen and oxygen atoms in total. The van der Waals surface area contributed by atoms with E-state index in [2.05, 4.69) is 0 Å². The summed E-state index contributed by atoms with van der Waals surface area (Å²) in [6.45, 7) is 0.750. The highest BCUT2D eigenvalue weighted by atomic mass is 35.5. The van der Waals surface area contributed by atoms with E-state index in [1.54, 1.807) is 15.4 Å². The van der Waals surface area contributed by atoms with Gasteiger partial charge >= 0.3 is 0 Å². The smallest absolute Gasteiger partial charge is 0.260 e. The highest BCUT2D eigenvalue weighted by molar-refractivity contribution is 7.04. The number of nitrogens with zero attached hydrogens (tertiary/aromatic N) is 1. The minimum Gasteiger partial charge on any atom is -0.268 e. The second-order valence-electron chi connectivity index (χ2n) is 1.89. The van der Waals surface area contributed by atoms with Crippen LogP contribution in [-0.2, 0) is 6.54 Å². The van der Waals surface area contributed by atoms with E-state index >= 15 is 0 Å². The minimum absolute atomic E-state index is 0.0788. The van der Waals surface area contributed by atoms with Gasteiger partial charge in [-0.15, -0.1) is 11.6 Å². The summed E-state index contributed by atoms with van der Waals surface area (Å²) in [5.74, 6) is 0.615. The van der Waals surface area contributed by atoms with Crippen LogP contribution in [0.3, 0.4) is 0 Å². The normalized spacial score (nSPS) is 10.1. The van der Waals surface area contributed by atoms with Crippen LogP contribution in [-0.4, -0.2) is 9.84 Å². The highest BCUT2D eigenvalue weighted by Crippen LogP contribution is 1.95. The molecule has 1 aromatic rings. The van der Waals surface area contributed by atoms with Gasteiger partial charge in [-0.05, 0) is 6.42 Å². The molecule has 0 bridgehead atoms. The molecule has 10 heavy (non-hydrogen) atoms. The zero-order valence-corrected chi connectivity index (χ0v) is 6.99. The Morgan fingerprint density at radius 1 is 1.70 bits per heavy atom. The predicted molar refractivity (Wildman–Crippen MR) is 43.9 cm³/mol. The summed E-state index contributed by atoms with van der Waals surface area (Å²) < 4.78 is 1.70. The van der Waals surface area contributed by atoms with Gasteiger partial charge < -0.3 is 0 Å². The Bertz CT molecular complexity index is 242. The molecule has 56 valence electrons. The van der Waals surface area contributed by atoms with Crippen LogP contribution >= 0.6 is 23.1 Å². The molecule has 0 N–H and O–H groups in total. The van der Waals surface area contributed by atoms with Crippen molar-refractivity contribution in [3.8, 4) is 0 Å². The Hall–Kier alpha value is -0.280. The van der Waals surface area contributed by atoms with Crippen molar-refractivity contribution < 1.29 is 0 Å². The quantitative estimate of drug-likeness (QED) is 0.642. The largest absolute Gasteiger partial charge is 0.268 e. The van der Waals surface area contributed by atoms with E-state index in [1.807, 2.05) is 0 Å². The van der Waals surface area contributed by atoms with E-state index in [4.69, 9.17) is 11.6 Å². The van der Waals surface area contributed by atoms with Gasteiger partial charge in [0.15, 0.2) is 0 Å². The number of aromatic nitrogens is 1. The monoisotopic (exact) mass is 177 g/mol. The molecule has 0 aliphatic heterocycles. The number of aryl methyl sites for hydroxylation is 1. The number of hydrogen-bond donors (Lipinski definition) is 0. The van der Waals surface area contributed by atoms with Crippen molar-refractivity contribution >= 4 is 23.1 Å². The Labute approximate surface area is 68.2 Å². The van der Waals surface area contributed by atoms with Gasteiger partial charge in [-0.3, -0.25) is 8.75 Å². The third-order valence-corrected chi connectivity index (χ3v) is 2.28. The van der Waals surface area contributed by atoms with Crippen molar-refractivity contribution in [3.05, 3.63) is 21.8 Å². The first-order chi connectivity index (χ1) is 4.84. The molecule has 0 fully saturated rings. The Kier molecular flexibility index (Phi) is 2.96. The second-order valence-corrected chi connectivity index (χ2v) is 3.19. The molecule has 1 aromatic heterocycles. The Morgan fingerprint density at radius 3 is 3.00 bits per heavy atom. The molecule has 0 atom stereocenters. The molecule has 0 aliphatic carbocycles. The SMILES string of the molecule is O=c1ccsn1CCCCl. The molecular formula is C6H8ClNOS. The van der Waals surface area contributed by atoms with Crippen LogP contribution in [0, 0.1) is 0 Å². The lowest BCUT2D eigenvalue weighted by Crippen LogP contribution is -2.11. The number of hydrogen-bond acceptors (Lipinski definition) is 2. The maximum Gasteiger partial charge on any atom is 0.260 e. The predicted octanol–water partition coefficient (Wildman–Crippen LogP) is 1.54. The lowest BCUT2D eigenvalue weighted by molar-refractivity contribution is 0.717. The maximum atomic E-state index is 10.9. The summed E-state index contributed by atoms with van der Waals surface area (Å²) in [6.07, 6.45) is 0.863. The van der Waals surface area contributed by atoms with Crippen LogP contribution in [0.15, 0.2) is 16.2 Å². The van der Waals surface area contributed by atoms with Crippen molar-refractivity contribution in [1.29, 1.82) is 0 Å². The van der Waals surface area contributed by atoms with E-state index in [1.165, 1.54) is 11.5 Å². The van der Waals surface area contributed by atoms with Gasteiger partial charge in [0, 0.05) is 23.9 Å². The Balaban J connectivity index is 2.57. The topological polar surface area (TPSA) is 22.0 Å². The molecule has 0 aromatic carbocycles. The molecule has 0 saturated carbocycles. The van der Waals surface area contributed by atoms with Crippen LogP contribution in [0.2, 0.25) is 0 Å². The standard InChI is InChI=1S/C6H8ClNOS/c7-3-1-4-8-6(9)2-5-10-8/h2,5H,1,3-4H2. The molecule has 0 unspecified atom stereocenters. The second kappa shape index (κ2) is 3.78. The van der Waals surface area contributed by atoms with Crippen LogP contribution in [0.4, 0.5) is 0 Å². The molecule has 4 heteroatoms. The third kappa shape index (κ3) is 1.85. The molecule has 0 aliphatic rings. The first-order valence-corrected chi connectivity index (χ1v) is 4.42. The van der Waals surface area contributed by atoms with Gasteiger partial charge in [0.05, 0.1) is 0 Å². The molecule has 1 rings (SSSR count). The minimum atomic E-state index is 0.0788. The summed E-state index contributed by atoms with van der Waals surface area (Å²) in [6, 6.07) is 1.57. The number of rotatable bonds is 3. The highest BCUT2D eigenvalue weighted by Gasteiger charge is 1.93. The van der Waals surface area contributed by atoms with Gasteiger partial charge in [0.1, 0.15) is 0 Å². The van der Waals surface area contributed by atoms with E-state index in [-0.39, 0.29) is 5.56 Å². The van der Waals surface area contributed by atoms with Crippen LogP contribution in [0.5, 0.6) is 0 Å². The van der Waals surface area contributed by atoms with Gasteiger partial charge in [-0.1, -0.05) is 11.5 Å². The van der Waals surface area contributed by atoms with Crippen molar-refractivity contribution in [3.63, 3.8) is 0 Å². The summed E-state index contributed by atoms with van der Waals surface area (Å²) in [5, 5.41) is 1.79. The Morgan fingerprint density at radius 2 is 2.50 bits per heavy atom. The molecule has 0 spiro atoms. The summed E-state index contributed by atoms with van der Waals surface area (Å²) in [7, 11) is 0. The van der Waals surface area contributed by atoms with Crippen LogP contribution in [0.1, 0.15) is 6.42 Å². The lowest BCUT2D eigenvalue weighted by Gasteiger charge is -1.94. The van der Waals surface area contributed by atoms with Crippen molar-refractivity contribution in [1.82, 2.24) is 3.96 Å². The van der Waals surface area contributed by atoms with Crippen LogP contribution < -0.4 is 5.56 Å². The van der Waals surface area contributed by atoms with Gasteiger partial charge in [-0.2, -0.15) is 0 Å². The van der Waals surface area contributed by atoms with E-state index in [0.717, 1.165) is 13.0 Å². The third-order valence-electron chi connectivity index (χ3n) is 1.14. The summed E-state index contributed by atoms with van der Waals surface area (Å²) in [5.41, 5.74) is 0.0788. The molecule has 0 radical (unpaired) electrons. The molecule has 0 amide bonds. The van der Waals surface area contributed by atoms with Gasteiger partial charge in [0.2, 0.25) is 0 Å². The van der Waals surface area contributed by atoms with Crippen molar-refractivity contribution in [2.45, 2.75) is 13.0 Å². The van der Waals surface area contributed by atoms with Crippen LogP contribution in [0.25, 0.3) is 0 Å². The van der Waals surface area contributed by atoms with E-state index < -0.39 is 0 Å². The summed E-state index contributed by atoms with van der Waals surface area (Å²) in [4.78, 5) is 10.9. The van der Waals surface area contributed by atoms with E-state index in [0.29, 0.717) is 5.88 Å². The maximum absolute atomic E-state index is 10.9. The first-order valence-electron chi connectivity index (χ1n) is 3.05. The van der Waals surface area contributed by atoms with Gasteiger partial charge in [0.25, 0.3) is 5.56 Å². The fourth-order valence-corrected chi connectivity index (χ4v) is 1.51. The average molecular weight is 178 g/mol. The fourth-order valence-electron chi connectivity index (χ4n) is 0.663. The van der Waals surface area contributed by atoms with Gasteiger partial charge in [-0.25, -0.2) is 0 Å². The van der Waals surface area contributed by atoms with Crippen molar-refractivity contribution in [2.75, 3.05) is 5.88 Å². The first kappa shape index (κ1) is 7.82. The number of halogens is 1. The van der Waals surface area contributed by atoms with E-state index in [9.17, 15) is 4.79 Å². The summed E-state index contributed by atoms with van der Waals surface area (Å²) >= 11 is 6.90. The zero-order chi connectivity index (χ0) is 7.40. The molecule has 1 heterocycles. The molecule has 0 saturated heterocycles. The average Bonchev–Trinajstić information content (AvgIpc) is 2.31. The molecular weight excluding hydrogens is 170 g/mol. The zero-order valence-electron chi connectivity index (χ0n) is 5.42. The van der Waals surface area contributed by atoms with Crippen molar-refractivity contribution in [2.24, 2.45) is 0 Å². The lowest BCUT2D eigenvalue weighted by atomic mass is 10.5. The number of alkyl halides is 1.